The number of benzene rings is 1. The molecule has 0 spiro atoms. The molecule has 0 heterocycles. The Kier molecular flexibility index (Phi) is 6.34. The maximum atomic E-state index is 11.9. The summed E-state index contributed by atoms with van der Waals surface area (Å²) >= 11 is 5.92. The molecule has 1 aliphatic rings. The monoisotopic (exact) mass is 294 g/mol. The largest absolute Gasteiger partial charge is 0.352 e. The van der Waals surface area contributed by atoms with Gasteiger partial charge in [-0.05, 0) is 30.5 Å². The van der Waals surface area contributed by atoms with Crippen LogP contribution in [0.5, 0.6) is 0 Å². The third-order valence-corrected chi connectivity index (χ3v) is 3.96. The van der Waals surface area contributed by atoms with Gasteiger partial charge in [0.1, 0.15) is 0 Å². The molecule has 1 fully saturated rings. The maximum Gasteiger partial charge on any atom is 0.234 e. The van der Waals surface area contributed by atoms with Crippen LogP contribution in [0.15, 0.2) is 24.3 Å². The summed E-state index contributed by atoms with van der Waals surface area (Å²) in [5.74, 6) is 0.0962. The van der Waals surface area contributed by atoms with Crippen molar-refractivity contribution in [2.24, 2.45) is 0 Å². The first-order chi connectivity index (χ1) is 9.74. The molecule has 2 N–H and O–H groups in total. The minimum absolute atomic E-state index is 0.0962. The Morgan fingerprint density at radius 2 is 1.95 bits per heavy atom. The van der Waals surface area contributed by atoms with Crippen molar-refractivity contribution in [1.82, 2.24) is 10.6 Å². The van der Waals surface area contributed by atoms with E-state index in [1.165, 1.54) is 25.7 Å². The summed E-state index contributed by atoms with van der Waals surface area (Å²) in [6.07, 6.45) is 7.33. The predicted molar refractivity (Wildman–Crippen MR) is 82.8 cm³/mol. The van der Waals surface area contributed by atoms with Crippen LogP contribution < -0.4 is 10.6 Å². The first-order valence-electron chi connectivity index (χ1n) is 7.48. The third-order valence-electron chi connectivity index (χ3n) is 3.72. The van der Waals surface area contributed by atoms with Crippen molar-refractivity contribution >= 4 is 17.5 Å². The van der Waals surface area contributed by atoms with E-state index in [4.69, 9.17) is 11.6 Å². The molecule has 0 aromatic heterocycles. The van der Waals surface area contributed by atoms with E-state index in [9.17, 15) is 4.79 Å². The third kappa shape index (κ3) is 5.51. The number of nitrogens with one attached hydrogen (secondary N) is 2. The average molecular weight is 295 g/mol. The number of carbonyl (C=O) groups excluding carboxylic acids is 1. The molecule has 1 aromatic carbocycles. The smallest absolute Gasteiger partial charge is 0.234 e. The van der Waals surface area contributed by atoms with Crippen molar-refractivity contribution in [3.8, 4) is 0 Å². The van der Waals surface area contributed by atoms with Crippen LogP contribution >= 0.6 is 11.6 Å². The lowest BCUT2D eigenvalue weighted by Crippen LogP contribution is -2.40. The highest BCUT2D eigenvalue weighted by molar-refractivity contribution is 6.30. The highest BCUT2D eigenvalue weighted by Gasteiger charge is 2.14. The van der Waals surface area contributed by atoms with Crippen LogP contribution in [0.1, 0.15) is 44.1 Å². The number of carbonyl (C=O) groups is 1. The van der Waals surface area contributed by atoms with E-state index in [-0.39, 0.29) is 5.91 Å². The summed E-state index contributed by atoms with van der Waals surface area (Å²) in [6.45, 7) is 1.03. The van der Waals surface area contributed by atoms with Crippen molar-refractivity contribution in [2.45, 2.75) is 51.1 Å². The Bertz CT molecular complexity index is 428. The normalized spacial score (nSPS) is 16.6. The van der Waals surface area contributed by atoms with E-state index in [0.29, 0.717) is 19.1 Å². The van der Waals surface area contributed by atoms with E-state index in [0.717, 1.165) is 23.4 Å². The summed E-state index contributed by atoms with van der Waals surface area (Å²) in [4.78, 5) is 11.9. The van der Waals surface area contributed by atoms with Crippen LogP contribution in [0.2, 0.25) is 5.02 Å². The molecule has 1 aromatic rings. The molecule has 1 aliphatic carbocycles. The fourth-order valence-electron chi connectivity index (χ4n) is 2.67. The van der Waals surface area contributed by atoms with Crippen molar-refractivity contribution in [1.29, 1.82) is 0 Å². The van der Waals surface area contributed by atoms with Gasteiger partial charge in [0, 0.05) is 17.6 Å². The molecule has 0 unspecified atom stereocenters. The maximum absolute atomic E-state index is 11.9. The number of halogens is 1. The Labute approximate surface area is 126 Å². The number of hydrogen-bond donors (Lipinski definition) is 2. The standard InChI is InChI=1S/C16H23ClN2O/c17-14-7-5-6-13(10-14)11-18-12-16(20)19-15-8-3-1-2-4-9-15/h5-7,10,15,18H,1-4,8-9,11-12H2,(H,19,20). The van der Waals surface area contributed by atoms with Gasteiger partial charge in [-0.2, -0.15) is 0 Å². The summed E-state index contributed by atoms with van der Waals surface area (Å²) < 4.78 is 0. The van der Waals surface area contributed by atoms with Crippen LogP contribution in [-0.4, -0.2) is 18.5 Å². The molecule has 0 bridgehead atoms. The fraction of sp³-hybridized carbons (Fsp3) is 0.562. The van der Waals surface area contributed by atoms with Gasteiger partial charge in [0.15, 0.2) is 0 Å². The molecule has 0 radical (unpaired) electrons. The van der Waals surface area contributed by atoms with Crippen LogP contribution in [0.4, 0.5) is 0 Å². The SMILES string of the molecule is O=C(CNCc1cccc(Cl)c1)NC1CCCCCC1. The Balaban J connectivity index is 1.67. The molecule has 20 heavy (non-hydrogen) atoms. The minimum Gasteiger partial charge on any atom is -0.352 e. The topological polar surface area (TPSA) is 41.1 Å². The molecule has 2 rings (SSSR count). The Morgan fingerprint density at radius 1 is 1.20 bits per heavy atom. The van der Waals surface area contributed by atoms with Crippen molar-refractivity contribution < 1.29 is 4.79 Å². The van der Waals surface area contributed by atoms with E-state index >= 15 is 0 Å². The van der Waals surface area contributed by atoms with E-state index in [2.05, 4.69) is 10.6 Å². The molecular weight excluding hydrogens is 272 g/mol. The second kappa shape index (κ2) is 8.28. The summed E-state index contributed by atoms with van der Waals surface area (Å²) in [5, 5.41) is 7.02. The van der Waals surface area contributed by atoms with Gasteiger partial charge in [-0.25, -0.2) is 0 Å². The van der Waals surface area contributed by atoms with Crippen LogP contribution in [0.3, 0.4) is 0 Å². The van der Waals surface area contributed by atoms with Gasteiger partial charge in [-0.15, -0.1) is 0 Å². The number of amides is 1. The van der Waals surface area contributed by atoms with Crippen molar-refractivity contribution in [3.05, 3.63) is 34.9 Å². The number of rotatable bonds is 5. The second-order valence-electron chi connectivity index (χ2n) is 5.49. The highest BCUT2D eigenvalue weighted by atomic mass is 35.5. The van der Waals surface area contributed by atoms with Gasteiger partial charge < -0.3 is 10.6 Å². The van der Waals surface area contributed by atoms with Gasteiger partial charge in [-0.3, -0.25) is 4.79 Å². The van der Waals surface area contributed by atoms with E-state index < -0.39 is 0 Å². The molecular formula is C16H23ClN2O. The van der Waals surface area contributed by atoms with Gasteiger partial charge in [0.2, 0.25) is 5.91 Å². The van der Waals surface area contributed by atoms with E-state index in [1.807, 2.05) is 24.3 Å². The van der Waals surface area contributed by atoms with Gasteiger partial charge >= 0.3 is 0 Å². The first kappa shape index (κ1) is 15.3. The summed E-state index contributed by atoms with van der Waals surface area (Å²) in [5.41, 5.74) is 1.10. The molecule has 1 amide bonds. The van der Waals surface area contributed by atoms with Crippen LogP contribution in [-0.2, 0) is 11.3 Å². The van der Waals surface area contributed by atoms with Crippen molar-refractivity contribution in [2.75, 3.05) is 6.54 Å². The van der Waals surface area contributed by atoms with Crippen molar-refractivity contribution in [3.63, 3.8) is 0 Å². The Morgan fingerprint density at radius 3 is 2.65 bits per heavy atom. The van der Waals surface area contributed by atoms with E-state index in [1.54, 1.807) is 0 Å². The predicted octanol–water partition coefficient (Wildman–Crippen LogP) is 3.27. The molecule has 1 saturated carbocycles. The first-order valence-corrected chi connectivity index (χ1v) is 7.86. The molecule has 0 saturated heterocycles. The molecule has 0 aliphatic heterocycles. The van der Waals surface area contributed by atoms with Gasteiger partial charge in [0.05, 0.1) is 6.54 Å². The highest BCUT2D eigenvalue weighted by Crippen LogP contribution is 2.17. The summed E-state index contributed by atoms with van der Waals surface area (Å²) in [6, 6.07) is 8.06. The minimum atomic E-state index is 0.0962. The van der Waals surface area contributed by atoms with Gasteiger partial charge in [0.25, 0.3) is 0 Å². The Hall–Kier alpha value is -1.06. The molecule has 3 nitrogen and oxygen atoms in total. The zero-order valence-corrected chi connectivity index (χ0v) is 12.6. The molecule has 0 atom stereocenters. The van der Waals surface area contributed by atoms with Crippen LogP contribution in [0, 0.1) is 0 Å². The zero-order chi connectivity index (χ0) is 14.2. The van der Waals surface area contributed by atoms with Gasteiger partial charge in [-0.1, -0.05) is 49.4 Å². The molecule has 110 valence electrons. The fourth-order valence-corrected chi connectivity index (χ4v) is 2.88. The average Bonchev–Trinajstić information content (AvgIpc) is 2.67. The lowest BCUT2D eigenvalue weighted by atomic mass is 10.1. The quantitative estimate of drug-likeness (QED) is 0.818. The zero-order valence-electron chi connectivity index (χ0n) is 11.8. The molecule has 4 heteroatoms. The van der Waals surface area contributed by atoms with Crippen LogP contribution in [0.25, 0.3) is 0 Å². The lowest BCUT2D eigenvalue weighted by molar-refractivity contribution is -0.121. The lowest BCUT2D eigenvalue weighted by Gasteiger charge is -2.16. The number of hydrogen-bond acceptors (Lipinski definition) is 2. The summed E-state index contributed by atoms with van der Waals surface area (Å²) in [7, 11) is 0. The second-order valence-corrected chi connectivity index (χ2v) is 5.93.